The zero-order valence-electron chi connectivity index (χ0n) is 17.2. The summed E-state index contributed by atoms with van der Waals surface area (Å²) in [5.74, 6) is 1.23. The van der Waals surface area contributed by atoms with Gasteiger partial charge in [0.05, 0.1) is 13.1 Å². The lowest BCUT2D eigenvalue weighted by atomic mass is 10.1. The second kappa shape index (κ2) is 6.65. The molecular formula is C21H28N5O2+. The van der Waals surface area contributed by atoms with Gasteiger partial charge in [-0.15, -0.1) is 0 Å². The van der Waals surface area contributed by atoms with Crippen molar-refractivity contribution in [2.75, 3.05) is 11.4 Å². The van der Waals surface area contributed by atoms with E-state index in [9.17, 15) is 9.59 Å². The Labute approximate surface area is 163 Å². The number of aromatic nitrogens is 4. The van der Waals surface area contributed by atoms with Crippen LogP contribution in [-0.4, -0.2) is 20.7 Å². The summed E-state index contributed by atoms with van der Waals surface area (Å²) in [5, 5.41) is 0. The number of anilines is 2. The van der Waals surface area contributed by atoms with Crippen LogP contribution in [0.2, 0.25) is 0 Å². The third kappa shape index (κ3) is 2.77. The van der Waals surface area contributed by atoms with Crippen molar-refractivity contribution >= 4 is 22.8 Å². The number of hydrogen-bond acceptors (Lipinski definition) is 3. The van der Waals surface area contributed by atoms with Crippen molar-refractivity contribution < 1.29 is 4.57 Å². The van der Waals surface area contributed by atoms with Crippen LogP contribution in [0.5, 0.6) is 0 Å². The number of imidazole rings is 1. The fraction of sp³-hybridized carbons (Fsp3) is 0.476. The van der Waals surface area contributed by atoms with Crippen LogP contribution in [0.25, 0.3) is 11.2 Å². The Morgan fingerprint density at radius 1 is 1.18 bits per heavy atom. The first kappa shape index (κ1) is 18.5. The lowest BCUT2D eigenvalue weighted by Crippen LogP contribution is -2.52. The molecule has 0 amide bonds. The van der Waals surface area contributed by atoms with Crippen LogP contribution < -0.4 is 20.7 Å². The quantitative estimate of drug-likeness (QED) is 0.706. The number of benzene rings is 1. The molecule has 1 aliphatic rings. The maximum Gasteiger partial charge on any atom is 0.364 e. The number of H-pyrrole nitrogens is 1. The minimum absolute atomic E-state index is 0.211. The van der Waals surface area contributed by atoms with Gasteiger partial charge < -0.3 is 0 Å². The summed E-state index contributed by atoms with van der Waals surface area (Å²) in [4.78, 5) is 31.5. The van der Waals surface area contributed by atoms with E-state index < -0.39 is 0 Å². The molecule has 0 fully saturated rings. The van der Waals surface area contributed by atoms with Crippen molar-refractivity contribution in [3.63, 3.8) is 0 Å². The van der Waals surface area contributed by atoms with Crippen molar-refractivity contribution in [1.29, 1.82) is 0 Å². The maximum atomic E-state index is 13.2. The molecule has 1 N–H and O–H groups in total. The standard InChI is InChI=1S/C21H27N5O2/c1-6-7-24-19(27)17-18(23(5)21(24)28)22-20-25(11-15(4)12-26(17)20)16-9-13(2)8-14(3)10-16/h8-10,15H,6-7,11-12H2,1-5H3/p+1/t15-/m0/s1. The van der Waals surface area contributed by atoms with Gasteiger partial charge in [0.25, 0.3) is 5.56 Å². The zero-order chi connectivity index (χ0) is 20.2. The van der Waals surface area contributed by atoms with E-state index in [1.54, 1.807) is 11.6 Å². The molecule has 28 heavy (non-hydrogen) atoms. The molecule has 1 atom stereocenters. The summed E-state index contributed by atoms with van der Waals surface area (Å²) in [6.07, 6.45) is 0.739. The second-order valence-corrected chi connectivity index (χ2v) is 8.12. The van der Waals surface area contributed by atoms with E-state index in [2.05, 4.69) is 53.4 Å². The lowest BCUT2D eigenvalue weighted by Gasteiger charge is -2.27. The van der Waals surface area contributed by atoms with Crippen LogP contribution >= 0.6 is 0 Å². The molecule has 0 saturated carbocycles. The van der Waals surface area contributed by atoms with Gasteiger partial charge in [0, 0.05) is 19.5 Å². The molecule has 4 rings (SSSR count). The van der Waals surface area contributed by atoms with Crippen LogP contribution in [0.3, 0.4) is 0 Å². The average Bonchev–Trinajstić information content (AvgIpc) is 3.01. The van der Waals surface area contributed by atoms with Crippen molar-refractivity contribution in [2.45, 2.75) is 47.2 Å². The topological polar surface area (TPSA) is 66.9 Å². The van der Waals surface area contributed by atoms with Gasteiger partial charge in [0.1, 0.15) is 5.69 Å². The van der Waals surface area contributed by atoms with E-state index >= 15 is 0 Å². The van der Waals surface area contributed by atoms with Gasteiger partial charge >= 0.3 is 11.6 Å². The number of rotatable bonds is 3. The highest BCUT2D eigenvalue weighted by molar-refractivity contribution is 5.70. The molecular weight excluding hydrogens is 354 g/mol. The highest BCUT2D eigenvalue weighted by Gasteiger charge is 2.36. The highest BCUT2D eigenvalue weighted by atomic mass is 16.2. The first-order chi connectivity index (χ1) is 13.3. The average molecular weight is 382 g/mol. The van der Waals surface area contributed by atoms with Gasteiger partial charge in [-0.1, -0.05) is 19.9 Å². The van der Waals surface area contributed by atoms with E-state index in [0.717, 1.165) is 31.1 Å². The van der Waals surface area contributed by atoms with Crippen LogP contribution in [0.15, 0.2) is 27.8 Å². The normalized spacial score (nSPS) is 16.6. The van der Waals surface area contributed by atoms with E-state index in [4.69, 9.17) is 0 Å². The summed E-state index contributed by atoms with van der Waals surface area (Å²) in [6.45, 7) is 10.4. The fourth-order valence-electron chi connectivity index (χ4n) is 4.33. The van der Waals surface area contributed by atoms with Gasteiger partial charge in [-0.2, -0.15) is 0 Å². The maximum absolute atomic E-state index is 13.2. The molecule has 0 radical (unpaired) electrons. The Balaban J connectivity index is 2.02. The molecule has 0 bridgehead atoms. The first-order valence-electron chi connectivity index (χ1n) is 9.93. The first-order valence-corrected chi connectivity index (χ1v) is 9.93. The summed E-state index contributed by atoms with van der Waals surface area (Å²) < 4.78 is 4.96. The number of hydrogen-bond donors (Lipinski definition) is 1. The number of fused-ring (bicyclic) bond motifs is 3. The molecule has 0 spiro atoms. The molecule has 7 nitrogen and oxygen atoms in total. The van der Waals surface area contributed by atoms with Crippen LogP contribution in [0.4, 0.5) is 11.6 Å². The van der Waals surface area contributed by atoms with Gasteiger partial charge in [0.15, 0.2) is 0 Å². The molecule has 1 aromatic carbocycles. The van der Waals surface area contributed by atoms with Gasteiger partial charge in [0.2, 0.25) is 11.2 Å². The number of nitrogens with zero attached hydrogens (tertiary/aromatic N) is 4. The third-order valence-corrected chi connectivity index (χ3v) is 5.49. The summed E-state index contributed by atoms with van der Waals surface area (Å²) in [7, 11) is 1.73. The SMILES string of the molecule is CCCn1c(=O)c2c([nH]c3[n+]2C[C@@H](C)CN3c2cc(C)cc(C)c2)n(C)c1=O. The smallest absolute Gasteiger partial charge is 0.267 e. The minimum Gasteiger partial charge on any atom is -0.267 e. The van der Waals surface area contributed by atoms with Crippen molar-refractivity contribution in [1.82, 2.24) is 14.1 Å². The molecule has 2 aromatic heterocycles. The van der Waals surface area contributed by atoms with Crippen molar-refractivity contribution in [3.8, 4) is 0 Å². The molecule has 0 unspecified atom stereocenters. The van der Waals surface area contributed by atoms with Crippen molar-refractivity contribution in [2.24, 2.45) is 13.0 Å². The van der Waals surface area contributed by atoms with E-state index in [1.165, 1.54) is 15.7 Å². The molecule has 0 aliphatic carbocycles. The molecule has 3 heterocycles. The number of nitrogens with one attached hydrogen (secondary N) is 1. The highest BCUT2D eigenvalue weighted by Crippen LogP contribution is 2.29. The molecule has 0 saturated heterocycles. The van der Waals surface area contributed by atoms with Crippen molar-refractivity contribution in [3.05, 3.63) is 50.2 Å². The van der Waals surface area contributed by atoms with Crippen LogP contribution in [0.1, 0.15) is 31.4 Å². The Bertz CT molecular complexity index is 1160. The zero-order valence-corrected chi connectivity index (χ0v) is 17.2. The van der Waals surface area contributed by atoms with E-state index in [0.29, 0.717) is 23.6 Å². The Kier molecular flexibility index (Phi) is 4.40. The Morgan fingerprint density at radius 2 is 1.86 bits per heavy atom. The predicted octanol–water partition coefficient (Wildman–Crippen LogP) is 2.13. The predicted molar refractivity (Wildman–Crippen MR) is 110 cm³/mol. The summed E-state index contributed by atoms with van der Waals surface area (Å²) in [6, 6.07) is 6.48. The van der Waals surface area contributed by atoms with Crippen LogP contribution in [0, 0.1) is 19.8 Å². The monoisotopic (exact) mass is 382 g/mol. The van der Waals surface area contributed by atoms with Gasteiger partial charge in [-0.3, -0.25) is 13.9 Å². The van der Waals surface area contributed by atoms with Gasteiger partial charge in [-0.25, -0.2) is 19.2 Å². The Hall–Kier alpha value is -2.83. The van der Waals surface area contributed by atoms with E-state index in [-0.39, 0.29) is 11.2 Å². The summed E-state index contributed by atoms with van der Waals surface area (Å²) >= 11 is 0. The molecule has 148 valence electrons. The second-order valence-electron chi connectivity index (χ2n) is 8.12. The number of aromatic amines is 1. The van der Waals surface area contributed by atoms with E-state index in [1.807, 2.05) is 6.92 Å². The lowest BCUT2D eigenvalue weighted by molar-refractivity contribution is -0.669. The molecule has 3 aromatic rings. The van der Waals surface area contributed by atoms with Crippen LogP contribution in [-0.2, 0) is 20.1 Å². The third-order valence-electron chi connectivity index (χ3n) is 5.49. The van der Waals surface area contributed by atoms with Gasteiger partial charge in [-0.05, 0) is 43.5 Å². The molecule has 7 heteroatoms. The minimum atomic E-state index is -0.274. The number of aryl methyl sites for hydroxylation is 3. The Morgan fingerprint density at radius 3 is 2.50 bits per heavy atom. The summed E-state index contributed by atoms with van der Waals surface area (Å²) in [5.41, 5.74) is 4.18. The largest absolute Gasteiger partial charge is 0.364 e. The molecule has 1 aliphatic heterocycles. The fourth-order valence-corrected chi connectivity index (χ4v) is 4.33.